The number of benzene rings is 1. The van der Waals surface area contributed by atoms with Gasteiger partial charge in [-0.1, -0.05) is 6.92 Å². The molecule has 0 saturated carbocycles. The number of piperazine rings is 1. The number of hydrogen-bond donors (Lipinski definition) is 1. The van der Waals surface area contributed by atoms with Crippen molar-refractivity contribution in [1.82, 2.24) is 15.1 Å². The molecule has 1 aliphatic rings. The highest BCUT2D eigenvalue weighted by atomic mass is 16.5. The van der Waals surface area contributed by atoms with Crippen molar-refractivity contribution < 1.29 is 14.3 Å². The number of hydrogen-bond acceptors (Lipinski definition) is 3. The van der Waals surface area contributed by atoms with Crippen molar-refractivity contribution in [3.63, 3.8) is 0 Å². The second kappa shape index (κ2) is 8.04. The van der Waals surface area contributed by atoms with E-state index in [2.05, 4.69) is 5.32 Å². The van der Waals surface area contributed by atoms with Gasteiger partial charge in [-0.2, -0.15) is 0 Å². The van der Waals surface area contributed by atoms with Crippen molar-refractivity contribution in [3.05, 3.63) is 29.3 Å². The third-order valence-electron chi connectivity index (χ3n) is 4.17. The van der Waals surface area contributed by atoms with Crippen LogP contribution in [0, 0.1) is 0 Å². The highest BCUT2D eigenvalue weighted by Crippen LogP contribution is 2.21. The van der Waals surface area contributed by atoms with Gasteiger partial charge in [0, 0.05) is 37.8 Å². The minimum Gasteiger partial charge on any atom is -0.496 e. The Morgan fingerprint density at radius 3 is 2.33 bits per heavy atom. The Morgan fingerprint density at radius 1 is 1.17 bits per heavy atom. The van der Waals surface area contributed by atoms with Crippen LogP contribution in [0.4, 0.5) is 4.79 Å². The van der Waals surface area contributed by atoms with Crippen molar-refractivity contribution >= 4 is 11.9 Å². The fourth-order valence-electron chi connectivity index (χ4n) is 2.82. The number of amides is 3. The Morgan fingerprint density at radius 2 is 1.79 bits per heavy atom. The summed E-state index contributed by atoms with van der Waals surface area (Å²) in [5.41, 5.74) is 1.70. The molecule has 1 aromatic rings. The van der Waals surface area contributed by atoms with Gasteiger partial charge in [-0.3, -0.25) is 4.79 Å². The van der Waals surface area contributed by atoms with Crippen LogP contribution in [-0.4, -0.2) is 61.1 Å². The van der Waals surface area contributed by atoms with Gasteiger partial charge < -0.3 is 19.9 Å². The molecule has 1 fully saturated rings. The summed E-state index contributed by atoms with van der Waals surface area (Å²) in [6, 6.07) is 5.61. The third-order valence-corrected chi connectivity index (χ3v) is 4.17. The number of rotatable bonds is 4. The van der Waals surface area contributed by atoms with Crippen LogP contribution in [0.1, 0.15) is 36.7 Å². The summed E-state index contributed by atoms with van der Waals surface area (Å²) in [5.74, 6) is 0.820. The summed E-state index contributed by atoms with van der Waals surface area (Å²) in [6.45, 7) is 8.13. The number of nitrogens with zero attached hydrogens (tertiary/aromatic N) is 2. The van der Waals surface area contributed by atoms with Crippen LogP contribution in [0.25, 0.3) is 0 Å². The first kappa shape index (κ1) is 18.1. The third kappa shape index (κ3) is 4.19. The van der Waals surface area contributed by atoms with Crippen LogP contribution in [0.2, 0.25) is 0 Å². The normalized spacial score (nSPS) is 14.7. The number of aryl methyl sites for hydroxylation is 1. The number of carbonyl (C=O) groups excluding carboxylic acids is 2. The predicted molar refractivity (Wildman–Crippen MR) is 93.5 cm³/mol. The average molecular weight is 333 g/mol. The lowest BCUT2D eigenvalue weighted by atomic mass is 10.1. The molecule has 1 aromatic carbocycles. The first-order valence-electron chi connectivity index (χ1n) is 8.47. The lowest BCUT2D eigenvalue weighted by Crippen LogP contribution is -2.54. The molecule has 0 bridgehead atoms. The lowest BCUT2D eigenvalue weighted by Gasteiger charge is -2.35. The van der Waals surface area contributed by atoms with E-state index in [1.54, 1.807) is 23.0 Å². The van der Waals surface area contributed by atoms with Gasteiger partial charge in [0.25, 0.3) is 5.91 Å². The van der Waals surface area contributed by atoms with E-state index in [0.717, 1.165) is 17.7 Å². The van der Waals surface area contributed by atoms with Gasteiger partial charge in [0.2, 0.25) is 0 Å². The van der Waals surface area contributed by atoms with E-state index in [1.807, 2.05) is 32.9 Å². The number of carbonyl (C=O) groups is 2. The molecule has 0 unspecified atom stereocenters. The highest BCUT2D eigenvalue weighted by molar-refractivity contribution is 5.94. The van der Waals surface area contributed by atoms with Crippen molar-refractivity contribution in [2.45, 2.75) is 33.2 Å². The standard InChI is InChI=1S/C18H27N3O3/c1-5-14-12-15(6-7-16(14)24-4)17(22)20-8-10-21(11-9-20)18(23)19-13(2)3/h6-7,12-13H,5,8-11H2,1-4H3,(H,19,23). The van der Waals surface area contributed by atoms with Gasteiger partial charge in [-0.05, 0) is 44.0 Å². The van der Waals surface area contributed by atoms with Gasteiger partial charge in [0.15, 0.2) is 0 Å². The van der Waals surface area contributed by atoms with Crippen molar-refractivity contribution in [1.29, 1.82) is 0 Å². The van der Waals surface area contributed by atoms with Crippen LogP contribution in [0.15, 0.2) is 18.2 Å². The van der Waals surface area contributed by atoms with Crippen LogP contribution in [0.5, 0.6) is 5.75 Å². The minimum atomic E-state index is -0.0604. The first-order chi connectivity index (χ1) is 11.5. The Bertz CT molecular complexity index is 593. The fraction of sp³-hybridized carbons (Fsp3) is 0.556. The van der Waals surface area contributed by atoms with Crippen molar-refractivity contribution in [2.24, 2.45) is 0 Å². The smallest absolute Gasteiger partial charge is 0.317 e. The molecule has 6 heteroatoms. The molecular weight excluding hydrogens is 306 g/mol. The maximum Gasteiger partial charge on any atom is 0.317 e. The summed E-state index contributed by atoms with van der Waals surface area (Å²) < 4.78 is 5.31. The maximum absolute atomic E-state index is 12.7. The molecule has 1 saturated heterocycles. The molecule has 24 heavy (non-hydrogen) atoms. The second-order valence-corrected chi connectivity index (χ2v) is 6.26. The van der Waals surface area contributed by atoms with Crippen LogP contribution in [-0.2, 0) is 6.42 Å². The summed E-state index contributed by atoms with van der Waals surface area (Å²) in [4.78, 5) is 28.3. The molecule has 6 nitrogen and oxygen atoms in total. The van der Waals surface area contributed by atoms with Gasteiger partial charge in [-0.15, -0.1) is 0 Å². The summed E-state index contributed by atoms with van der Waals surface area (Å²) in [7, 11) is 1.64. The van der Waals surface area contributed by atoms with E-state index < -0.39 is 0 Å². The van der Waals surface area contributed by atoms with Gasteiger partial charge in [0.1, 0.15) is 5.75 Å². The predicted octanol–water partition coefficient (Wildman–Crippen LogP) is 2.13. The fourth-order valence-corrected chi connectivity index (χ4v) is 2.82. The van der Waals surface area contributed by atoms with E-state index in [9.17, 15) is 9.59 Å². The van der Waals surface area contributed by atoms with Gasteiger partial charge in [-0.25, -0.2) is 4.79 Å². The Labute approximate surface area is 143 Å². The van der Waals surface area contributed by atoms with Gasteiger partial charge in [0.05, 0.1) is 7.11 Å². The molecule has 0 radical (unpaired) electrons. The Balaban J connectivity index is 1.99. The Hall–Kier alpha value is -2.24. The molecular formula is C18H27N3O3. The molecule has 0 aliphatic carbocycles. The lowest BCUT2D eigenvalue weighted by molar-refractivity contribution is 0.0664. The van der Waals surface area contributed by atoms with Crippen molar-refractivity contribution in [3.8, 4) is 5.75 Å². The van der Waals surface area contributed by atoms with Crippen LogP contribution >= 0.6 is 0 Å². The first-order valence-corrected chi connectivity index (χ1v) is 8.47. The summed E-state index contributed by atoms with van der Waals surface area (Å²) >= 11 is 0. The maximum atomic E-state index is 12.7. The minimum absolute atomic E-state index is 0.0104. The zero-order chi connectivity index (χ0) is 17.7. The molecule has 132 valence electrons. The molecule has 0 spiro atoms. The molecule has 1 heterocycles. The zero-order valence-electron chi connectivity index (χ0n) is 15.0. The topological polar surface area (TPSA) is 61.9 Å². The van der Waals surface area contributed by atoms with E-state index in [4.69, 9.17) is 4.74 Å². The largest absolute Gasteiger partial charge is 0.496 e. The van der Waals surface area contributed by atoms with Gasteiger partial charge >= 0.3 is 6.03 Å². The second-order valence-electron chi connectivity index (χ2n) is 6.26. The van der Waals surface area contributed by atoms with E-state index in [-0.39, 0.29) is 18.0 Å². The molecule has 1 aliphatic heterocycles. The summed E-state index contributed by atoms with van der Waals surface area (Å²) in [5, 5.41) is 2.89. The van der Waals surface area contributed by atoms with E-state index in [1.165, 1.54) is 0 Å². The van der Waals surface area contributed by atoms with Crippen molar-refractivity contribution in [2.75, 3.05) is 33.3 Å². The summed E-state index contributed by atoms with van der Waals surface area (Å²) in [6.07, 6.45) is 0.813. The molecule has 0 atom stereocenters. The number of urea groups is 1. The Kier molecular flexibility index (Phi) is 6.06. The highest BCUT2D eigenvalue weighted by Gasteiger charge is 2.25. The number of nitrogens with one attached hydrogen (secondary N) is 1. The number of ether oxygens (including phenoxy) is 1. The van der Waals surface area contributed by atoms with E-state index in [0.29, 0.717) is 31.7 Å². The average Bonchev–Trinajstić information content (AvgIpc) is 2.60. The monoisotopic (exact) mass is 333 g/mol. The zero-order valence-corrected chi connectivity index (χ0v) is 15.0. The van der Waals surface area contributed by atoms with E-state index >= 15 is 0 Å². The number of methoxy groups -OCH3 is 1. The molecule has 3 amide bonds. The van der Waals surface area contributed by atoms with Crippen LogP contribution in [0.3, 0.4) is 0 Å². The quantitative estimate of drug-likeness (QED) is 0.918. The molecule has 0 aromatic heterocycles. The SMILES string of the molecule is CCc1cc(C(=O)N2CCN(C(=O)NC(C)C)CC2)ccc1OC. The van der Waals surface area contributed by atoms with Crippen LogP contribution < -0.4 is 10.1 Å². The molecule has 2 rings (SSSR count). The molecule has 1 N–H and O–H groups in total.